The van der Waals surface area contributed by atoms with Crippen molar-refractivity contribution in [1.82, 2.24) is 14.6 Å². The Balaban J connectivity index is 2.12. The van der Waals surface area contributed by atoms with Gasteiger partial charge in [0.2, 0.25) is 10.0 Å². The van der Waals surface area contributed by atoms with Crippen LogP contribution in [-0.4, -0.2) is 32.0 Å². The van der Waals surface area contributed by atoms with E-state index in [9.17, 15) is 13.2 Å². The summed E-state index contributed by atoms with van der Waals surface area (Å²) in [6.45, 7) is 0. The molecule has 0 saturated heterocycles. The maximum Gasteiger partial charge on any atom is 0.268 e. The quantitative estimate of drug-likeness (QED) is 0.824. The molecule has 1 aromatic rings. The van der Waals surface area contributed by atoms with Crippen molar-refractivity contribution in [1.29, 1.82) is 0 Å². The fourth-order valence-corrected chi connectivity index (χ4v) is 3.51. The van der Waals surface area contributed by atoms with Gasteiger partial charge in [-0.25, -0.2) is 13.1 Å². The Morgan fingerprint density at radius 2 is 1.86 bits per heavy atom. The maximum atomic E-state index is 12.3. The predicted octanol–water partition coefficient (Wildman–Crippen LogP) is 1.39. The number of amides is 1. The molecule has 2 N–H and O–H groups in total. The largest absolute Gasteiger partial charge is 0.348 e. The van der Waals surface area contributed by atoms with E-state index in [-0.39, 0.29) is 16.8 Å². The van der Waals surface area contributed by atoms with Crippen molar-refractivity contribution in [2.24, 2.45) is 7.05 Å². The van der Waals surface area contributed by atoms with E-state index in [1.165, 1.54) is 32.2 Å². The number of rotatable bonds is 4. The Morgan fingerprint density at radius 1 is 1.24 bits per heavy atom. The Morgan fingerprint density at radius 3 is 2.43 bits per heavy atom. The first-order valence-corrected chi connectivity index (χ1v) is 8.83. The molecule has 0 radical (unpaired) electrons. The second-order valence-corrected chi connectivity index (χ2v) is 7.43. The first-order chi connectivity index (χ1) is 9.94. The highest BCUT2D eigenvalue weighted by Gasteiger charge is 2.21. The van der Waals surface area contributed by atoms with Crippen LogP contribution in [0.4, 0.5) is 0 Å². The zero-order valence-electron chi connectivity index (χ0n) is 12.6. The molecule has 0 aliphatic heterocycles. The Labute approximate surface area is 126 Å². The minimum atomic E-state index is -3.52. The maximum absolute atomic E-state index is 12.3. The Hall–Kier alpha value is -1.34. The van der Waals surface area contributed by atoms with Gasteiger partial charge in [-0.1, -0.05) is 25.7 Å². The molecule has 0 atom stereocenters. The van der Waals surface area contributed by atoms with Crippen molar-refractivity contribution in [2.75, 3.05) is 7.05 Å². The van der Waals surface area contributed by atoms with Gasteiger partial charge in [-0.3, -0.25) is 4.79 Å². The highest BCUT2D eigenvalue weighted by molar-refractivity contribution is 7.89. The molecule has 1 fully saturated rings. The van der Waals surface area contributed by atoms with Gasteiger partial charge in [0.25, 0.3) is 5.91 Å². The number of hydrogen-bond donors (Lipinski definition) is 2. The number of aromatic nitrogens is 1. The lowest BCUT2D eigenvalue weighted by Gasteiger charge is -2.16. The van der Waals surface area contributed by atoms with Crippen LogP contribution in [0, 0.1) is 0 Å². The third-order valence-corrected chi connectivity index (χ3v) is 5.36. The van der Waals surface area contributed by atoms with Crippen molar-refractivity contribution < 1.29 is 13.2 Å². The highest BCUT2D eigenvalue weighted by atomic mass is 32.2. The van der Waals surface area contributed by atoms with Gasteiger partial charge in [0.1, 0.15) is 10.6 Å². The SMILES string of the molecule is CNS(=O)(=O)c1cc(C(=O)NC2CCCCCC2)n(C)c1. The van der Waals surface area contributed by atoms with Crippen LogP contribution in [0.25, 0.3) is 0 Å². The van der Waals surface area contributed by atoms with E-state index in [1.807, 2.05) is 0 Å². The molecule has 1 aliphatic carbocycles. The Bertz CT molecular complexity index is 599. The van der Waals surface area contributed by atoms with Crippen LogP contribution in [0.15, 0.2) is 17.2 Å². The van der Waals surface area contributed by atoms with Crippen LogP contribution in [0.1, 0.15) is 49.0 Å². The topological polar surface area (TPSA) is 80.2 Å². The molecule has 1 aromatic heterocycles. The Kier molecular flexibility index (Phi) is 5.05. The summed E-state index contributed by atoms with van der Waals surface area (Å²) in [5.41, 5.74) is 0.369. The molecule has 6 nitrogen and oxygen atoms in total. The molecule has 21 heavy (non-hydrogen) atoms. The minimum absolute atomic E-state index is 0.110. The molecule has 1 heterocycles. The molecule has 0 bridgehead atoms. The average molecular weight is 313 g/mol. The monoisotopic (exact) mass is 313 g/mol. The van der Waals surface area contributed by atoms with Crippen LogP contribution >= 0.6 is 0 Å². The molecule has 7 heteroatoms. The fraction of sp³-hybridized carbons (Fsp3) is 0.643. The lowest BCUT2D eigenvalue weighted by Crippen LogP contribution is -2.35. The predicted molar refractivity (Wildman–Crippen MR) is 80.6 cm³/mol. The first kappa shape index (κ1) is 16.0. The number of carbonyl (C=O) groups excluding carboxylic acids is 1. The fourth-order valence-electron chi connectivity index (χ4n) is 2.71. The zero-order chi connectivity index (χ0) is 15.5. The summed E-state index contributed by atoms with van der Waals surface area (Å²) >= 11 is 0. The third-order valence-electron chi connectivity index (χ3n) is 3.98. The van der Waals surface area contributed by atoms with Gasteiger partial charge in [-0.2, -0.15) is 0 Å². The molecule has 1 amide bonds. The summed E-state index contributed by atoms with van der Waals surface area (Å²) in [5, 5.41) is 3.02. The van der Waals surface area contributed by atoms with Crippen molar-refractivity contribution >= 4 is 15.9 Å². The van der Waals surface area contributed by atoms with E-state index in [0.717, 1.165) is 25.7 Å². The standard InChI is InChI=1S/C14H23N3O3S/c1-15-21(19,20)12-9-13(17(2)10-12)14(18)16-11-7-5-3-4-6-8-11/h9-11,15H,3-8H2,1-2H3,(H,16,18). The van der Waals surface area contributed by atoms with E-state index < -0.39 is 10.0 Å². The minimum Gasteiger partial charge on any atom is -0.348 e. The van der Waals surface area contributed by atoms with Crippen LogP contribution in [-0.2, 0) is 17.1 Å². The number of aryl methyl sites for hydroxylation is 1. The van der Waals surface area contributed by atoms with Crippen LogP contribution in [0.5, 0.6) is 0 Å². The smallest absolute Gasteiger partial charge is 0.268 e. The van der Waals surface area contributed by atoms with Gasteiger partial charge < -0.3 is 9.88 Å². The average Bonchev–Trinajstić information content (AvgIpc) is 2.68. The van der Waals surface area contributed by atoms with E-state index in [0.29, 0.717) is 5.69 Å². The second kappa shape index (κ2) is 6.62. The molecule has 1 aliphatic rings. The zero-order valence-corrected chi connectivity index (χ0v) is 13.4. The summed E-state index contributed by atoms with van der Waals surface area (Å²) < 4.78 is 27.3. The molecule has 0 unspecified atom stereocenters. The summed E-state index contributed by atoms with van der Waals surface area (Å²) in [7, 11) is -0.491. The van der Waals surface area contributed by atoms with Crippen molar-refractivity contribution in [3.05, 3.63) is 18.0 Å². The molecular formula is C14H23N3O3S. The first-order valence-electron chi connectivity index (χ1n) is 7.35. The van der Waals surface area contributed by atoms with Gasteiger partial charge in [-0.15, -0.1) is 0 Å². The van der Waals surface area contributed by atoms with Gasteiger partial charge in [0, 0.05) is 19.3 Å². The summed E-state index contributed by atoms with van der Waals surface area (Å²) in [4.78, 5) is 12.4. The number of sulfonamides is 1. The molecule has 118 valence electrons. The van der Waals surface area contributed by atoms with E-state index in [1.54, 1.807) is 11.6 Å². The van der Waals surface area contributed by atoms with Crippen molar-refractivity contribution in [2.45, 2.75) is 49.5 Å². The second-order valence-electron chi connectivity index (χ2n) is 5.54. The number of hydrogen-bond acceptors (Lipinski definition) is 3. The summed E-state index contributed by atoms with van der Waals surface area (Å²) in [5.74, 6) is -0.207. The lowest BCUT2D eigenvalue weighted by atomic mass is 10.1. The summed E-state index contributed by atoms with van der Waals surface area (Å²) in [6, 6.07) is 1.61. The number of carbonyl (C=O) groups is 1. The van der Waals surface area contributed by atoms with Crippen molar-refractivity contribution in [3.8, 4) is 0 Å². The van der Waals surface area contributed by atoms with E-state index in [4.69, 9.17) is 0 Å². The molecule has 0 aromatic carbocycles. The normalized spacial score (nSPS) is 17.4. The molecule has 0 spiro atoms. The van der Waals surface area contributed by atoms with E-state index in [2.05, 4.69) is 10.0 Å². The lowest BCUT2D eigenvalue weighted by molar-refractivity contribution is 0.0925. The third kappa shape index (κ3) is 3.85. The molecular weight excluding hydrogens is 290 g/mol. The van der Waals surface area contributed by atoms with E-state index >= 15 is 0 Å². The van der Waals surface area contributed by atoms with Crippen molar-refractivity contribution in [3.63, 3.8) is 0 Å². The van der Waals surface area contributed by atoms with Crippen LogP contribution in [0.3, 0.4) is 0 Å². The molecule has 1 saturated carbocycles. The summed E-state index contributed by atoms with van der Waals surface area (Å²) in [6.07, 6.45) is 8.17. The highest BCUT2D eigenvalue weighted by Crippen LogP contribution is 2.18. The van der Waals surface area contributed by atoms with Gasteiger partial charge in [0.05, 0.1) is 0 Å². The van der Waals surface area contributed by atoms with Gasteiger partial charge in [0.15, 0.2) is 0 Å². The van der Waals surface area contributed by atoms with Gasteiger partial charge in [-0.05, 0) is 26.0 Å². The van der Waals surface area contributed by atoms with Gasteiger partial charge >= 0.3 is 0 Å². The van der Waals surface area contributed by atoms with Crippen LogP contribution < -0.4 is 10.0 Å². The number of nitrogens with one attached hydrogen (secondary N) is 2. The molecule has 2 rings (SSSR count). The van der Waals surface area contributed by atoms with Crippen LogP contribution in [0.2, 0.25) is 0 Å². The number of nitrogens with zero attached hydrogens (tertiary/aromatic N) is 1.